The molecule has 0 atom stereocenters. The van der Waals surface area contributed by atoms with Crippen molar-refractivity contribution in [2.75, 3.05) is 17.2 Å². The van der Waals surface area contributed by atoms with Crippen LogP contribution in [0.15, 0.2) is 71.6 Å². The number of rotatable bonds is 6. The van der Waals surface area contributed by atoms with Gasteiger partial charge in [-0.3, -0.25) is 4.79 Å². The number of nitrogens with one attached hydrogen (secondary N) is 3. The number of amides is 1. The van der Waals surface area contributed by atoms with E-state index < -0.39 is 0 Å². The predicted octanol–water partition coefficient (Wildman–Crippen LogP) is 4.06. The molecule has 3 N–H and O–H groups in total. The number of carbonyl (C=O) groups is 1. The summed E-state index contributed by atoms with van der Waals surface area (Å²) >= 11 is 0. The second-order valence-corrected chi connectivity index (χ2v) is 5.90. The van der Waals surface area contributed by atoms with E-state index in [2.05, 4.69) is 32.7 Å². The number of fused-ring (bicyclic) bond motifs is 1. The Morgan fingerprint density at radius 3 is 2.85 bits per heavy atom. The van der Waals surface area contributed by atoms with Crippen molar-refractivity contribution < 1.29 is 9.21 Å². The predicted molar refractivity (Wildman–Crippen MR) is 101 cm³/mol. The summed E-state index contributed by atoms with van der Waals surface area (Å²) in [6.07, 6.45) is 6.03. The van der Waals surface area contributed by atoms with Gasteiger partial charge in [0.25, 0.3) is 5.91 Å². The summed E-state index contributed by atoms with van der Waals surface area (Å²) in [6, 6.07) is 15.2. The van der Waals surface area contributed by atoms with E-state index in [4.69, 9.17) is 4.42 Å². The quantitative estimate of drug-likeness (QED) is 0.491. The molecule has 1 aromatic carbocycles. The topological polar surface area (TPSA) is 83.0 Å². The molecule has 3 heterocycles. The molecule has 0 aliphatic carbocycles. The van der Waals surface area contributed by atoms with Crippen molar-refractivity contribution in [2.45, 2.75) is 6.42 Å². The third-order valence-corrected chi connectivity index (χ3v) is 4.14. The van der Waals surface area contributed by atoms with Gasteiger partial charge in [-0.1, -0.05) is 18.2 Å². The van der Waals surface area contributed by atoms with Crippen molar-refractivity contribution >= 4 is 28.3 Å². The maximum Gasteiger partial charge on any atom is 0.291 e. The fourth-order valence-corrected chi connectivity index (χ4v) is 2.84. The summed E-state index contributed by atoms with van der Waals surface area (Å²) in [4.78, 5) is 19.5. The Balaban J connectivity index is 1.32. The van der Waals surface area contributed by atoms with E-state index in [0.29, 0.717) is 5.69 Å². The van der Waals surface area contributed by atoms with Crippen LogP contribution in [0.25, 0.3) is 10.9 Å². The molecule has 0 bridgehead atoms. The Kier molecular flexibility index (Phi) is 4.38. The third kappa shape index (κ3) is 3.44. The molecule has 3 aromatic heterocycles. The molecule has 0 fully saturated rings. The fraction of sp³-hybridized carbons (Fsp3) is 0.100. The molecule has 26 heavy (non-hydrogen) atoms. The zero-order chi connectivity index (χ0) is 17.8. The average Bonchev–Trinajstić information content (AvgIpc) is 3.34. The van der Waals surface area contributed by atoms with E-state index in [9.17, 15) is 4.79 Å². The highest BCUT2D eigenvalue weighted by Gasteiger charge is 2.08. The molecule has 0 unspecified atom stereocenters. The normalized spacial score (nSPS) is 10.8. The van der Waals surface area contributed by atoms with E-state index in [1.54, 1.807) is 18.3 Å². The Morgan fingerprint density at radius 1 is 1.12 bits per heavy atom. The number of aromatic nitrogens is 2. The van der Waals surface area contributed by atoms with Gasteiger partial charge >= 0.3 is 0 Å². The van der Waals surface area contributed by atoms with Crippen LogP contribution in [-0.4, -0.2) is 22.4 Å². The standard InChI is InChI=1S/C20H18N4O2/c25-20(18-6-3-11-26-18)24-15-7-8-19(23-13-15)21-10-9-14-12-22-17-5-2-1-4-16(14)17/h1-8,11-13,22H,9-10H2,(H,21,23)(H,24,25). The first kappa shape index (κ1) is 16.0. The van der Waals surface area contributed by atoms with E-state index in [-0.39, 0.29) is 11.7 Å². The van der Waals surface area contributed by atoms with Gasteiger partial charge in [-0.2, -0.15) is 0 Å². The minimum atomic E-state index is -0.295. The molecular weight excluding hydrogens is 328 g/mol. The van der Waals surface area contributed by atoms with Gasteiger partial charge in [-0.15, -0.1) is 0 Å². The lowest BCUT2D eigenvalue weighted by Gasteiger charge is -2.07. The minimum absolute atomic E-state index is 0.269. The van der Waals surface area contributed by atoms with Gasteiger partial charge < -0.3 is 20.0 Å². The molecule has 1 amide bonds. The fourth-order valence-electron chi connectivity index (χ4n) is 2.84. The number of nitrogens with zero attached hydrogens (tertiary/aromatic N) is 1. The molecular formula is C20H18N4O2. The first-order valence-corrected chi connectivity index (χ1v) is 8.39. The highest BCUT2D eigenvalue weighted by Crippen LogP contribution is 2.18. The third-order valence-electron chi connectivity index (χ3n) is 4.14. The first-order valence-electron chi connectivity index (χ1n) is 8.39. The molecule has 0 aliphatic rings. The van der Waals surface area contributed by atoms with Gasteiger partial charge in [0.15, 0.2) is 5.76 Å². The largest absolute Gasteiger partial charge is 0.459 e. The summed E-state index contributed by atoms with van der Waals surface area (Å²) in [5.74, 6) is 0.739. The summed E-state index contributed by atoms with van der Waals surface area (Å²) in [7, 11) is 0. The van der Waals surface area contributed by atoms with Crippen molar-refractivity contribution in [3.05, 3.63) is 78.5 Å². The van der Waals surface area contributed by atoms with Crippen molar-refractivity contribution in [1.82, 2.24) is 9.97 Å². The van der Waals surface area contributed by atoms with Crippen LogP contribution in [0.2, 0.25) is 0 Å². The monoisotopic (exact) mass is 346 g/mol. The maximum atomic E-state index is 11.9. The van der Waals surface area contributed by atoms with Crippen LogP contribution in [0.4, 0.5) is 11.5 Å². The van der Waals surface area contributed by atoms with Gasteiger partial charge in [-0.05, 0) is 42.3 Å². The molecule has 130 valence electrons. The number of pyridine rings is 1. The molecule has 0 radical (unpaired) electrons. The molecule has 0 aliphatic heterocycles. The van der Waals surface area contributed by atoms with Gasteiger partial charge in [-0.25, -0.2) is 4.98 Å². The van der Waals surface area contributed by atoms with Crippen LogP contribution in [0.5, 0.6) is 0 Å². The van der Waals surface area contributed by atoms with E-state index >= 15 is 0 Å². The smallest absolute Gasteiger partial charge is 0.291 e. The van der Waals surface area contributed by atoms with Crippen LogP contribution < -0.4 is 10.6 Å². The maximum absolute atomic E-state index is 11.9. The van der Waals surface area contributed by atoms with E-state index in [1.807, 2.05) is 30.5 Å². The van der Waals surface area contributed by atoms with Gasteiger partial charge in [0.1, 0.15) is 5.82 Å². The Bertz CT molecular complexity index is 1000. The molecule has 4 rings (SSSR count). The molecule has 0 spiro atoms. The number of aromatic amines is 1. The van der Waals surface area contributed by atoms with Crippen molar-refractivity contribution in [2.24, 2.45) is 0 Å². The summed E-state index contributed by atoms with van der Waals surface area (Å²) in [5.41, 5.74) is 3.04. The highest BCUT2D eigenvalue weighted by molar-refractivity contribution is 6.02. The second kappa shape index (κ2) is 7.14. The van der Waals surface area contributed by atoms with Crippen LogP contribution >= 0.6 is 0 Å². The van der Waals surface area contributed by atoms with Crippen molar-refractivity contribution in [1.29, 1.82) is 0 Å². The Hall–Kier alpha value is -3.54. The number of furan rings is 1. The van der Waals surface area contributed by atoms with Crippen LogP contribution in [-0.2, 0) is 6.42 Å². The Labute approximate surface area is 150 Å². The van der Waals surface area contributed by atoms with Crippen LogP contribution in [0.1, 0.15) is 16.1 Å². The lowest BCUT2D eigenvalue weighted by atomic mass is 10.1. The van der Waals surface area contributed by atoms with Crippen molar-refractivity contribution in [3.63, 3.8) is 0 Å². The Morgan fingerprint density at radius 2 is 2.04 bits per heavy atom. The average molecular weight is 346 g/mol. The number of para-hydroxylation sites is 1. The lowest BCUT2D eigenvalue weighted by Crippen LogP contribution is -2.11. The van der Waals surface area contributed by atoms with Gasteiger partial charge in [0, 0.05) is 23.6 Å². The van der Waals surface area contributed by atoms with Crippen LogP contribution in [0, 0.1) is 0 Å². The molecule has 6 nitrogen and oxygen atoms in total. The van der Waals surface area contributed by atoms with Gasteiger partial charge in [0.05, 0.1) is 18.1 Å². The van der Waals surface area contributed by atoms with E-state index in [0.717, 1.165) is 24.3 Å². The zero-order valence-corrected chi connectivity index (χ0v) is 14.0. The van der Waals surface area contributed by atoms with E-state index in [1.165, 1.54) is 17.2 Å². The summed E-state index contributed by atoms with van der Waals surface area (Å²) in [6.45, 7) is 0.771. The zero-order valence-electron chi connectivity index (χ0n) is 14.0. The van der Waals surface area contributed by atoms with Gasteiger partial charge in [0.2, 0.25) is 0 Å². The number of hydrogen-bond acceptors (Lipinski definition) is 4. The number of carbonyl (C=O) groups excluding carboxylic acids is 1. The van der Waals surface area contributed by atoms with Crippen LogP contribution in [0.3, 0.4) is 0 Å². The summed E-state index contributed by atoms with van der Waals surface area (Å²) < 4.78 is 5.06. The molecule has 6 heteroatoms. The number of H-pyrrole nitrogens is 1. The number of benzene rings is 1. The SMILES string of the molecule is O=C(Nc1ccc(NCCc2c[nH]c3ccccc23)nc1)c1ccco1. The summed E-state index contributed by atoms with van der Waals surface area (Å²) in [5, 5.41) is 7.29. The minimum Gasteiger partial charge on any atom is -0.459 e. The lowest BCUT2D eigenvalue weighted by molar-refractivity contribution is 0.0996. The first-order chi connectivity index (χ1) is 12.8. The number of anilines is 2. The highest BCUT2D eigenvalue weighted by atomic mass is 16.3. The number of hydrogen-bond donors (Lipinski definition) is 3. The van der Waals surface area contributed by atoms with Crippen molar-refractivity contribution in [3.8, 4) is 0 Å². The second-order valence-electron chi connectivity index (χ2n) is 5.90. The molecule has 0 saturated heterocycles. The molecule has 4 aromatic rings. The molecule has 0 saturated carbocycles.